The average molecular weight is 132 g/mol. The minimum atomic E-state index is -1.35. The van der Waals surface area contributed by atoms with Crippen molar-refractivity contribution in [2.45, 2.75) is 31.7 Å². The van der Waals surface area contributed by atoms with Gasteiger partial charge in [0.25, 0.3) is 0 Å². The Hall–Kier alpha value is -0.120. The summed E-state index contributed by atoms with van der Waals surface area (Å²) < 4.78 is 4.86. The molecule has 1 aliphatic rings. The van der Waals surface area contributed by atoms with Gasteiger partial charge >= 0.3 is 0 Å². The van der Waals surface area contributed by atoms with Gasteiger partial charge in [0.15, 0.2) is 5.79 Å². The maximum absolute atomic E-state index is 9.35. The summed E-state index contributed by atoms with van der Waals surface area (Å²) in [4.78, 5) is 0. The number of hydrogen-bond acceptors (Lipinski definition) is 3. The molecule has 2 atom stereocenters. The monoisotopic (exact) mass is 132 g/mol. The zero-order valence-electron chi connectivity index (χ0n) is 5.72. The van der Waals surface area contributed by atoms with E-state index in [0.29, 0.717) is 13.0 Å². The smallest absolute Gasteiger partial charge is 0.191 e. The third-order valence-electron chi connectivity index (χ3n) is 1.97. The summed E-state index contributed by atoms with van der Waals surface area (Å²) in [6.07, 6.45) is 0.500. The van der Waals surface area contributed by atoms with Crippen molar-refractivity contribution in [2.24, 2.45) is 0 Å². The maximum atomic E-state index is 9.35. The molecular formula is C6H12O3. The van der Waals surface area contributed by atoms with Gasteiger partial charge in [0.2, 0.25) is 0 Å². The summed E-state index contributed by atoms with van der Waals surface area (Å²) in [5.74, 6) is -1.35. The van der Waals surface area contributed by atoms with E-state index in [1.165, 1.54) is 6.92 Å². The van der Waals surface area contributed by atoms with Crippen molar-refractivity contribution in [3.8, 4) is 0 Å². The second-order valence-electron chi connectivity index (χ2n) is 2.86. The number of aliphatic hydroxyl groups is 2. The van der Waals surface area contributed by atoms with E-state index in [2.05, 4.69) is 0 Å². The zero-order chi connectivity index (χ0) is 7.12. The highest BCUT2D eigenvalue weighted by Crippen LogP contribution is 2.32. The van der Waals surface area contributed by atoms with Crippen molar-refractivity contribution in [3.05, 3.63) is 0 Å². The van der Waals surface area contributed by atoms with E-state index >= 15 is 0 Å². The van der Waals surface area contributed by atoms with Gasteiger partial charge < -0.3 is 14.9 Å². The molecule has 0 unspecified atom stereocenters. The van der Waals surface area contributed by atoms with Crippen LogP contribution in [0.3, 0.4) is 0 Å². The van der Waals surface area contributed by atoms with Crippen molar-refractivity contribution in [3.63, 3.8) is 0 Å². The highest BCUT2D eigenvalue weighted by atomic mass is 16.6. The summed E-state index contributed by atoms with van der Waals surface area (Å²) in [7, 11) is 0. The fourth-order valence-electron chi connectivity index (χ4n) is 0.836. The molecule has 9 heavy (non-hydrogen) atoms. The Bertz CT molecular complexity index is 103. The van der Waals surface area contributed by atoms with Gasteiger partial charge in [-0.3, -0.25) is 0 Å². The first-order valence-electron chi connectivity index (χ1n) is 3.04. The van der Waals surface area contributed by atoms with Gasteiger partial charge in [-0.1, -0.05) is 0 Å². The van der Waals surface area contributed by atoms with Crippen LogP contribution in [0.5, 0.6) is 0 Å². The van der Waals surface area contributed by atoms with Gasteiger partial charge in [-0.05, 0) is 13.8 Å². The predicted octanol–water partition coefficient (Wildman–Crippen LogP) is -0.134. The van der Waals surface area contributed by atoms with Gasteiger partial charge in [0.1, 0.15) is 5.60 Å². The molecule has 0 aliphatic carbocycles. The molecule has 2 N–H and O–H groups in total. The Morgan fingerprint density at radius 1 is 1.33 bits per heavy atom. The molecule has 0 radical (unpaired) electrons. The SMILES string of the molecule is C[C@]1(O)CCO[C@@]1(C)O. The maximum Gasteiger partial charge on any atom is 0.191 e. The van der Waals surface area contributed by atoms with Crippen LogP contribution in [0, 0.1) is 0 Å². The molecule has 1 saturated heterocycles. The van der Waals surface area contributed by atoms with E-state index in [0.717, 1.165) is 0 Å². The van der Waals surface area contributed by atoms with Crippen LogP contribution in [-0.2, 0) is 4.74 Å². The summed E-state index contributed by atoms with van der Waals surface area (Å²) in [6.45, 7) is 3.47. The summed E-state index contributed by atoms with van der Waals surface area (Å²) in [5, 5.41) is 18.6. The molecular weight excluding hydrogens is 120 g/mol. The van der Waals surface area contributed by atoms with Crippen molar-refractivity contribution < 1.29 is 14.9 Å². The molecule has 0 bridgehead atoms. The van der Waals surface area contributed by atoms with E-state index in [4.69, 9.17) is 4.74 Å². The normalized spacial score (nSPS) is 52.0. The van der Waals surface area contributed by atoms with Crippen molar-refractivity contribution in [2.75, 3.05) is 6.61 Å². The van der Waals surface area contributed by atoms with Gasteiger partial charge in [-0.25, -0.2) is 0 Å². The second kappa shape index (κ2) is 1.68. The third kappa shape index (κ3) is 0.956. The van der Waals surface area contributed by atoms with Gasteiger partial charge in [0, 0.05) is 6.42 Å². The van der Waals surface area contributed by atoms with E-state index in [9.17, 15) is 10.2 Å². The first kappa shape index (κ1) is 6.99. The Balaban J connectivity index is 2.75. The Labute approximate surface area is 54.3 Å². The van der Waals surface area contributed by atoms with E-state index < -0.39 is 11.4 Å². The third-order valence-corrected chi connectivity index (χ3v) is 1.97. The molecule has 1 heterocycles. The number of ether oxygens (including phenoxy) is 1. The lowest BCUT2D eigenvalue weighted by Crippen LogP contribution is -2.45. The lowest BCUT2D eigenvalue weighted by molar-refractivity contribution is -0.235. The van der Waals surface area contributed by atoms with Crippen LogP contribution in [0.15, 0.2) is 0 Å². The number of hydrogen-bond donors (Lipinski definition) is 2. The zero-order valence-corrected chi connectivity index (χ0v) is 5.72. The topological polar surface area (TPSA) is 49.7 Å². The van der Waals surface area contributed by atoms with E-state index in [1.807, 2.05) is 0 Å². The van der Waals surface area contributed by atoms with Gasteiger partial charge in [-0.15, -0.1) is 0 Å². The lowest BCUT2D eigenvalue weighted by atomic mass is 9.96. The average Bonchev–Trinajstić information content (AvgIpc) is 1.81. The Morgan fingerprint density at radius 3 is 2.00 bits per heavy atom. The minimum absolute atomic E-state index is 0.431. The molecule has 1 rings (SSSR count). The molecule has 0 aromatic heterocycles. The molecule has 1 fully saturated rings. The van der Waals surface area contributed by atoms with Crippen LogP contribution in [0.25, 0.3) is 0 Å². The number of rotatable bonds is 0. The fraction of sp³-hybridized carbons (Fsp3) is 1.00. The molecule has 1 aliphatic heterocycles. The Kier molecular flexibility index (Phi) is 1.31. The highest BCUT2D eigenvalue weighted by Gasteiger charge is 2.47. The minimum Gasteiger partial charge on any atom is -0.384 e. The molecule has 0 aromatic rings. The molecule has 54 valence electrons. The molecule has 0 saturated carbocycles. The first-order chi connectivity index (χ1) is 3.96. The van der Waals surface area contributed by atoms with Gasteiger partial charge in [-0.2, -0.15) is 0 Å². The molecule has 0 aromatic carbocycles. The van der Waals surface area contributed by atoms with E-state index in [-0.39, 0.29) is 0 Å². The Morgan fingerprint density at radius 2 is 1.89 bits per heavy atom. The van der Waals surface area contributed by atoms with Crippen LogP contribution < -0.4 is 0 Å². The summed E-state index contributed by atoms with van der Waals surface area (Å²) in [6, 6.07) is 0. The van der Waals surface area contributed by atoms with Gasteiger partial charge in [0.05, 0.1) is 6.61 Å². The summed E-state index contributed by atoms with van der Waals surface area (Å²) in [5.41, 5.74) is -1.08. The quantitative estimate of drug-likeness (QED) is 0.482. The molecule has 0 amide bonds. The van der Waals surface area contributed by atoms with E-state index in [1.54, 1.807) is 6.92 Å². The van der Waals surface area contributed by atoms with Crippen molar-refractivity contribution in [1.29, 1.82) is 0 Å². The summed E-state index contributed by atoms with van der Waals surface area (Å²) >= 11 is 0. The molecule has 3 heteroatoms. The lowest BCUT2D eigenvalue weighted by Gasteiger charge is -2.29. The van der Waals surface area contributed by atoms with Crippen molar-refractivity contribution >= 4 is 0 Å². The fourth-order valence-corrected chi connectivity index (χ4v) is 0.836. The largest absolute Gasteiger partial charge is 0.384 e. The standard InChI is InChI=1S/C6H12O3/c1-5(7)3-4-9-6(5,2)8/h7-8H,3-4H2,1-2H3/t5-,6+/m0/s1. The highest BCUT2D eigenvalue weighted by molar-refractivity contribution is 4.90. The van der Waals surface area contributed by atoms with Crippen molar-refractivity contribution in [1.82, 2.24) is 0 Å². The van der Waals surface area contributed by atoms with Crippen LogP contribution in [0.1, 0.15) is 20.3 Å². The molecule has 3 nitrogen and oxygen atoms in total. The van der Waals surface area contributed by atoms with Crippen LogP contribution in [0.4, 0.5) is 0 Å². The molecule has 0 spiro atoms. The van der Waals surface area contributed by atoms with Crippen LogP contribution >= 0.6 is 0 Å². The predicted molar refractivity (Wildman–Crippen MR) is 31.8 cm³/mol. The van der Waals surface area contributed by atoms with Crippen LogP contribution in [0.2, 0.25) is 0 Å². The second-order valence-corrected chi connectivity index (χ2v) is 2.86. The first-order valence-corrected chi connectivity index (χ1v) is 3.04. The van der Waals surface area contributed by atoms with Crippen LogP contribution in [-0.4, -0.2) is 28.2 Å².